The first-order valence-corrected chi connectivity index (χ1v) is 18.3. The molecule has 193 valence electrons. The molecule has 0 saturated heterocycles. The van der Waals surface area contributed by atoms with Crippen LogP contribution < -0.4 is 24.8 Å². The Labute approximate surface area is 256 Å². The summed E-state index contributed by atoms with van der Waals surface area (Å²) in [7, 11) is -0.995. The van der Waals surface area contributed by atoms with E-state index < -0.39 is 8.07 Å². The van der Waals surface area contributed by atoms with Crippen LogP contribution in [0, 0.1) is 12.8 Å². The van der Waals surface area contributed by atoms with Crippen molar-refractivity contribution in [2.45, 2.75) is 69.7 Å². The quantitative estimate of drug-likeness (QED) is 0.381. The zero-order valence-electron chi connectivity index (χ0n) is 23.2. The van der Waals surface area contributed by atoms with E-state index in [1.807, 2.05) is 11.3 Å². The van der Waals surface area contributed by atoms with Crippen LogP contribution in [0.1, 0.15) is 81.7 Å². The fraction of sp³-hybridized carbons (Fsp3) is 0.375. The van der Waals surface area contributed by atoms with E-state index in [9.17, 15) is 0 Å². The number of hydrogen-bond acceptors (Lipinski definition) is 1. The van der Waals surface area contributed by atoms with Gasteiger partial charge in [-0.05, 0) is 25.5 Å². The van der Waals surface area contributed by atoms with E-state index in [0.717, 1.165) is 5.54 Å². The van der Waals surface area contributed by atoms with E-state index in [4.69, 9.17) is 0 Å². The van der Waals surface area contributed by atoms with Crippen LogP contribution in [0.2, 0.25) is 13.1 Å². The van der Waals surface area contributed by atoms with Crippen molar-refractivity contribution < 1.29 is 49.5 Å². The van der Waals surface area contributed by atoms with Gasteiger partial charge in [0.2, 0.25) is 0 Å². The average molecular weight is 644 g/mol. The molecule has 5 heteroatoms. The van der Waals surface area contributed by atoms with Crippen LogP contribution in [0.3, 0.4) is 0 Å². The van der Waals surface area contributed by atoms with E-state index in [2.05, 4.69) is 109 Å². The fourth-order valence-corrected chi connectivity index (χ4v) is 14.6. The summed E-state index contributed by atoms with van der Waals surface area (Å²) in [5.74, 6) is 1.22. The number of aryl methyl sites for hydroxylation is 1. The Morgan fingerprint density at radius 3 is 2.05 bits per heavy atom. The van der Waals surface area contributed by atoms with Crippen LogP contribution in [-0.2, 0) is 24.7 Å². The maximum absolute atomic E-state index is 2.52. The standard InChI is InChI=1S/C21H23.C11H14SSi.2ClH.Zr/c1-14(2)16-8-10-17(11-9-16)20-7-5-6-18-12-19(15(3)4)13-21(18)20;1-6-5-8-9(12-6)11-7(2)10(8)13(11,3)4;;;/h5-15H,1-4H3;5,11H,1-4H3;2*1H;/q;;;;+2/p-2. The van der Waals surface area contributed by atoms with Gasteiger partial charge in [0.05, 0.1) is 8.07 Å². The zero-order valence-corrected chi connectivity index (χ0v) is 29.0. The van der Waals surface area contributed by atoms with Crippen LogP contribution in [0.25, 0.3) is 22.4 Å². The van der Waals surface area contributed by atoms with Gasteiger partial charge in [0.15, 0.2) is 0 Å². The van der Waals surface area contributed by atoms with Crippen molar-refractivity contribution in [2.75, 3.05) is 0 Å². The van der Waals surface area contributed by atoms with Crippen molar-refractivity contribution in [3.63, 3.8) is 0 Å². The normalized spacial score (nSPS) is 19.8. The van der Waals surface area contributed by atoms with Gasteiger partial charge < -0.3 is 24.8 Å². The molecular weight excluding hydrogens is 607 g/mol. The molecule has 37 heavy (non-hydrogen) atoms. The summed E-state index contributed by atoms with van der Waals surface area (Å²) in [6.07, 6.45) is 2.45. The number of rotatable bonds is 3. The summed E-state index contributed by atoms with van der Waals surface area (Å²) in [4.78, 5) is 3.19. The molecule has 0 nitrogen and oxygen atoms in total. The Kier molecular flexibility index (Phi) is 9.52. The molecule has 0 fully saturated rings. The molecule has 0 radical (unpaired) electrons. The minimum Gasteiger partial charge on any atom is -1.00 e. The Balaban J connectivity index is 0.000000217. The number of thiophene rings is 1. The SMILES string of the molecule is CC(C)C1=Cc2c(-c3ccc(C(C)C)cc3)cccc2[CH]1[Zr+2].CC1=C2c3cc(C)sc3C1[Si]2(C)C.[Cl-].[Cl-]. The molecule has 2 aliphatic heterocycles. The van der Waals surface area contributed by atoms with Crippen molar-refractivity contribution in [3.8, 4) is 11.1 Å². The Morgan fingerprint density at radius 1 is 0.865 bits per heavy atom. The topological polar surface area (TPSA) is 0 Å². The third-order valence-electron chi connectivity index (χ3n) is 8.26. The predicted molar refractivity (Wildman–Crippen MR) is 153 cm³/mol. The monoisotopic (exact) mass is 641 g/mol. The number of allylic oxidation sites excluding steroid dienone is 2. The molecule has 2 aromatic carbocycles. The maximum Gasteiger partial charge on any atom is 0.0941 e. The molecule has 0 N–H and O–H groups in total. The first-order valence-electron chi connectivity index (χ1n) is 13.0. The maximum atomic E-state index is 2.52. The van der Waals surface area contributed by atoms with Crippen LogP contribution in [-0.4, -0.2) is 8.07 Å². The molecule has 0 amide bonds. The van der Waals surface area contributed by atoms with Gasteiger partial charge in [0.25, 0.3) is 0 Å². The van der Waals surface area contributed by atoms with Crippen molar-refractivity contribution in [1.29, 1.82) is 0 Å². The molecule has 2 aliphatic carbocycles. The Bertz CT molecular complexity index is 1360. The number of fused-ring (bicyclic) bond motifs is 1. The molecule has 3 heterocycles. The molecule has 4 aliphatic rings. The van der Waals surface area contributed by atoms with Crippen molar-refractivity contribution in [1.82, 2.24) is 0 Å². The van der Waals surface area contributed by atoms with Crippen molar-refractivity contribution in [2.24, 2.45) is 5.92 Å². The van der Waals surface area contributed by atoms with E-state index in [1.165, 1.54) is 32.7 Å². The first kappa shape index (κ1) is 30.8. The molecule has 3 aromatic rings. The van der Waals surface area contributed by atoms with Crippen molar-refractivity contribution in [3.05, 3.63) is 91.7 Å². The predicted octanol–water partition coefficient (Wildman–Crippen LogP) is 3.85. The number of halogens is 2. The largest absolute Gasteiger partial charge is 1.00 e. The zero-order chi connectivity index (χ0) is 25.2. The molecule has 0 saturated carbocycles. The summed E-state index contributed by atoms with van der Waals surface area (Å²) < 4.78 is 0.636. The summed E-state index contributed by atoms with van der Waals surface area (Å²) in [6.45, 7) is 18.7. The van der Waals surface area contributed by atoms with Gasteiger partial charge in [-0.1, -0.05) is 23.9 Å². The van der Waals surface area contributed by atoms with E-state index in [-0.39, 0.29) is 24.8 Å². The second kappa shape index (κ2) is 11.4. The van der Waals surface area contributed by atoms with Gasteiger partial charge in [-0.25, -0.2) is 0 Å². The smallest absolute Gasteiger partial charge is 0.0941 e. The van der Waals surface area contributed by atoms with Crippen LogP contribution in [0.4, 0.5) is 0 Å². The van der Waals surface area contributed by atoms with Gasteiger partial charge in [-0.3, -0.25) is 0 Å². The molecule has 1 aromatic heterocycles. The molecule has 7 rings (SSSR count). The number of hydrogen-bond donors (Lipinski definition) is 0. The molecular formula is C32H37Cl2SSiZr. The first-order chi connectivity index (χ1) is 16.5. The minimum absolute atomic E-state index is 0. The fourth-order valence-electron chi connectivity index (χ4n) is 6.51. The van der Waals surface area contributed by atoms with Gasteiger partial charge in [-0.15, -0.1) is 11.3 Å². The van der Waals surface area contributed by atoms with Gasteiger partial charge in [0, 0.05) is 15.3 Å². The minimum atomic E-state index is -0.995. The van der Waals surface area contributed by atoms with Crippen LogP contribution in [0.5, 0.6) is 0 Å². The Morgan fingerprint density at radius 2 is 1.51 bits per heavy atom. The molecule has 2 atom stereocenters. The van der Waals surface area contributed by atoms with Crippen LogP contribution in [0.15, 0.2) is 59.7 Å². The summed E-state index contributed by atoms with van der Waals surface area (Å²) >= 11 is 3.62. The van der Waals surface area contributed by atoms with E-state index >= 15 is 0 Å². The molecule has 2 unspecified atom stereocenters. The third kappa shape index (κ3) is 5.14. The second-order valence-electron chi connectivity index (χ2n) is 11.7. The molecule has 2 bridgehead atoms. The number of benzene rings is 2. The van der Waals surface area contributed by atoms with Gasteiger partial charge in [-0.2, -0.15) is 0 Å². The third-order valence-corrected chi connectivity index (χ3v) is 15.3. The summed E-state index contributed by atoms with van der Waals surface area (Å²) in [6, 6.07) is 18.3. The Hall–Kier alpha value is -0.700. The summed E-state index contributed by atoms with van der Waals surface area (Å²) in [5, 5.41) is 1.77. The molecule has 0 spiro atoms. The van der Waals surface area contributed by atoms with E-state index in [1.54, 1.807) is 51.5 Å². The average Bonchev–Trinajstić information content (AvgIpc) is 3.47. The summed E-state index contributed by atoms with van der Waals surface area (Å²) in [5.41, 5.74) is 12.9. The van der Waals surface area contributed by atoms with Gasteiger partial charge >= 0.3 is 150 Å². The second-order valence-corrected chi connectivity index (χ2v) is 18.9. The van der Waals surface area contributed by atoms with E-state index in [0.29, 0.717) is 15.5 Å². The van der Waals surface area contributed by atoms with Crippen LogP contribution >= 0.6 is 11.3 Å². The van der Waals surface area contributed by atoms with Gasteiger partial charge in [0.1, 0.15) is 0 Å². The van der Waals surface area contributed by atoms with Crippen molar-refractivity contribution >= 4 is 30.7 Å².